The van der Waals surface area contributed by atoms with Gasteiger partial charge >= 0.3 is 0 Å². The van der Waals surface area contributed by atoms with Gasteiger partial charge in [-0.2, -0.15) is 0 Å². The number of guanidine groups is 1. The third-order valence-electron chi connectivity index (χ3n) is 15.1. The molecule has 0 saturated carbocycles. The fraction of sp³-hybridized carbons (Fsp3) is 0.406. The summed E-state index contributed by atoms with van der Waals surface area (Å²) in [5.74, 6) is 4.16. The first-order valence-electron chi connectivity index (χ1n) is 27.3. The van der Waals surface area contributed by atoms with Crippen molar-refractivity contribution in [1.29, 1.82) is 0 Å². The van der Waals surface area contributed by atoms with Crippen LogP contribution in [0.3, 0.4) is 0 Å². The molecule has 5 unspecified atom stereocenters. The highest BCUT2D eigenvalue weighted by Crippen LogP contribution is 2.47. The number of carbonyl (C=O) groups is 1. The largest absolute Gasteiger partial charge is 0.508 e. The smallest absolute Gasteiger partial charge is 0.192 e. The molecule has 2 aliphatic carbocycles. The van der Waals surface area contributed by atoms with Gasteiger partial charge < -0.3 is 55.7 Å². The summed E-state index contributed by atoms with van der Waals surface area (Å²) in [6.45, 7) is 7.23. The highest BCUT2D eigenvalue weighted by atomic mass is 16.5. The molecule has 8 N–H and O–H groups in total. The van der Waals surface area contributed by atoms with Gasteiger partial charge in [0.2, 0.25) is 0 Å². The monoisotopic (exact) mass is 1040 g/mol. The number of ketones is 1. The van der Waals surface area contributed by atoms with E-state index in [2.05, 4.69) is 77.9 Å². The number of nitrogens with zero attached hydrogens (tertiary/aromatic N) is 1. The Balaban J connectivity index is 1.15. The van der Waals surface area contributed by atoms with E-state index in [-0.39, 0.29) is 60.1 Å². The average molecular weight is 1050 g/mol. The minimum Gasteiger partial charge on any atom is -0.508 e. The second kappa shape index (κ2) is 27.3. The lowest BCUT2D eigenvalue weighted by Crippen LogP contribution is -2.24. The highest BCUT2D eigenvalue weighted by Gasteiger charge is 2.30. The molecule has 6 bridgehead atoms. The minimum absolute atomic E-state index is 0.000717. The molecule has 4 aliphatic rings. The number of aromatic hydroxyl groups is 1. The first-order valence-corrected chi connectivity index (χ1v) is 27.3. The number of rotatable bonds is 20. The Labute approximate surface area is 453 Å². The van der Waals surface area contributed by atoms with Crippen LogP contribution in [0.25, 0.3) is 16.8 Å². The van der Waals surface area contributed by atoms with Crippen molar-refractivity contribution in [3.63, 3.8) is 0 Å². The number of nitrogens with one attached hydrogen (secondary N) is 2. The number of aliphatic imine (C=N–C) groups is 1. The number of nitrogens with two attached hydrogens (primary N) is 1. The molecule has 0 spiro atoms. The number of hydrogen-bond acceptors (Lipinski definition) is 11. The van der Waals surface area contributed by atoms with Crippen LogP contribution >= 0.6 is 0 Å². The van der Waals surface area contributed by atoms with Crippen molar-refractivity contribution in [2.75, 3.05) is 45.8 Å². The Morgan fingerprint density at radius 2 is 1.74 bits per heavy atom. The lowest BCUT2D eigenvalue weighted by atomic mass is 9.78. The van der Waals surface area contributed by atoms with Gasteiger partial charge in [0.05, 0.1) is 19.6 Å². The molecule has 9 rings (SSSR count). The molecule has 5 aromatic rings. The Morgan fingerprint density at radius 3 is 2.55 bits per heavy atom. The molecule has 0 amide bonds. The van der Waals surface area contributed by atoms with Gasteiger partial charge in [0, 0.05) is 54.8 Å². The molecule has 2 aliphatic heterocycles. The zero-order valence-corrected chi connectivity index (χ0v) is 45.0. The molecule has 0 aromatic heterocycles. The molecular formula is C64H76N4O9. The van der Waals surface area contributed by atoms with Crippen LogP contribution in [-0.2, 0) is 46.6 Å². The first kappa shape index (κ1) is 56.1. The molecule has 406 valence electrons. The van der Waals surface area contributed by atoms with E-state index in [9.17, 15) is 25.2 Å². The van der Waals surface area contributed by atoms with Gasteiger partial charge in [-0.25, -0.2) is 0 Å². The van der Waals surface area contributed by atoms with Crippen molar-refractivity contribution >= 4 is 34.3 Å². The maximum Gasteiger partial charge on any atom is 0.192 e. The van der Waals surface area contributed by atoms with E-state index < -0.39 is 18.3 Å². The van der Waals surface area contributed by atoms with E-state index in [0.717, 1.165) is 90.5 Å². The number of phenolic OH excluding ortho intramolecular Hbond substituents is 1. The summed E-state index contributed by atoms with van der Waals surface area (Å²) in [4.78, 5) is 18.2. The summed E-state index contributed by atoms with van der Waals surface area (Å²) in [5.41, 5.74) is 14.0. The molecule has 5 atom stereocenters. The Hall–Kier alpha value is -7.08. The maximum atomic E-state index is 14.2. The number of carbonyl (C=O) groups excluding carboxylic acids is 1. The van der Waals surface area contributed by atoms with Gasteiger partial charge in [-0.1, -0.05) is 86.9 Å². The number of fused-ring (bicyclic) bond motifs is 9. The molecule has 2 heterocycles. The van der Waals surface area contributed by atoms with E-state index >= 15 is 0 Å². The van der Waals surface area contributed by atoms with E-state index in [4.69, 9.17) is 24.7 Å². The number of methoxy groups -OCH3 is 1. The lowest BCUT2D eigenvalue weighted by molar-refractivity contribution is -0.121. The van der Waals surface area contributed by atoms with Crippen LogP contribution in [0, 0.1) is 23.9 Å². The van der Waals surface area contributed by atoms with Gasteiger partial charge in [0.1, 0.15) is 36.1 Å². The third-order valence-corrected chi connectivity index (χ3v) is 15.1. The number of aliphatic hydroxyl groups is 3. The maximum absolute atomic E-state index is 14.2. The Bertz CT molecular complexity index is 3040. The molecule has 5 aromatic carbocycles. The molecule has 13 heteroatoms. The molecule has 0 saturated heterocycles. The molecule has 13 nitrogen and oxygen atoms in total. The fourth-order valence-corrected chi connectivity index (χ4v) is 11.0. The molecular weight excluding hydrogens is 969 g/mol. The fourth-order valence-electron chi connectivity index (χ4n) is 11.0. The summed E-state index contributed by atoms with van der Waals surface area (Å²) >= 11 is 0. The number of allylic oxidation sites excluding steroid dienone is 4. The number of anilines is 1. The van der Waals surface area contributed by atoms with Gasteiger partial charge in [-0.15, -0.1) is 0 Å². The van der Waals surface area contributed by atoms with Crippen molar-refractivity contribution in [3.05, 3.63) is 159 Å². The zero-order chi connectivity index (χ0) is 54.3. The predicted molar refractivity (Wildman–Crippen MR) is 305 cm³/mol. The van der Waals surface area contributed by atoms with Crippen LogP contribution < -0.4 is 25.8 Å². The highest BCUT2D eigenvalue weighted by molar-refractivity contribution is 6.01. The third kappa shape index (κ3) is 14.9. The van der Waals surface area contributed by atoms with Crippen molar-refractivity contribution in [2.45, 2.75) is 115 Å². The predicted octanol–water partition coefficient (Wildman–Crippen LogP) is 10.8. The van der Waals surface area contributed by atoms with Crippen molar-refractivity contribution in [1.82, 2.24) is 5.32 Å². The van der Waals surface area contributed by atoms with Crippen LogP contribution in [0.4, 0.5) is 5.69 Å². The van der Waals surface area contributed by atoms with Crippen LogP contribution in [0.15, 0.2) is 114 Å². The summed E-state index contributed by atoms with van der Waals surface area (Å²) in [6, 6.07) is 25.7. The Kier molecular flexibility index (Phi) is 19.9. The van der Waals surface area contributed by atoms with Crippen LogP contribution in [0.5, 0.6) is 17.2 Å². The van der Waals surface area contributed by atoms with Gasteiger partial charge in [0.25, 0.3) is 0 Å². The number of phenols is 1. The van der Waals surface area contributed by atoms with Crippen molar-refractivity contribution < 1.29 is 44.2 Å². The van der Waals surface area contributed by atoms with E-state index in [1.54, 1.807) is 26.3 Å². The standard InChI is InChI=1S/C64H76N4O9/c1-5-67-27-10-28-75-29-25-43-12-8-14-45(31-43)32-47-26-30-76-52(36-48-35-50(69)22-20-46(48)15-7-6-11-42-13-9-16-49(33-42)68-64(65)66-3)37-51(70)21-18-44-19-24-59(74-4)60(34-44)77-40-57-53-23-17-41(2)54-39-58(71)61(47)56(62(53)54)38-55(57)63(72)73/h8-9,12-14,16-17,19-20,22-24,31,33-35,38-39,41,46-48,52,63,67,69,71-73H,5-7,10-11,15,18,21,25,27-29,32,36-37,40H2,1-4H3,(H3,65,66,68). The summed E-state index contributed by atoms with van der Waals surface area (Å²) < 4.78 is 24.9. The van der Waals surface area contributed by atoms with Crippen LogP contribution in [0.2, 0.25) is 0 Å². The second-order valence-electron chi connectivity index (χ2n) is 20.5. The number of benzene rings is 5. The number of unbranched alkanes of at least 4 members (excludes halogenated alkanes) is 1. The van der Waals surface area contributed by atoms with E-state index in [0.29, 0.717) is 66.4 Å². The second-order valence-corrected chi connectivity index (χ2v) is 20.5. The van der Waals surface area contributed by atoms with E-state index in [1.165, 1.54) is 5.56 Å². The lowest BCUT2D eigenvalue weighted by Gasteiger charge is -2.28. The number of ether oxygens (including phenoxy) is 4. The van der Waals surface area contributed by atoms with Crippen LogP contribution in [-0.4, -0.2) is 78.7 Å². The SMILES string of the molecule is CCNCCCOCCc1cccc(CC2C#COC(CC3C=C(O)C=CC3CCCCc3cccc(NC(N)=NC)c3)CC(=O)CCc3ccc(OC)c(c3)OCc3c(C(O)O)cc4c2c(O)cc2c4c3C=CC2C)c1. The van der Waals surface area contributed by atoms with Gasteiger partial charge in [-0.3, -0.25) is 9.79 Å². The van der Waals surface area contributed by atoms with Gasteiger partial charge in [0.15, 0.2) is 23.7 Å². The summed E-state index contributed by atoms with van der Waals surface area (Å²) in [7, 11) is 3.21. The normalized spacial score (nSPS) is 19.5. The van der Waals surface area contributed by atoms with Crippen LogP contribution in [0.1, 0.15) is 127 Å². The molecule has 77 heavy (non-hydrogen) atoms. The molecule has 0 radical (unpaired) electrons. The van der Waals surface area contributed by atoms with Crippen molar-refractivity contribution in [3.8, 4) is 29.3 Å². The number of hydrogen-bond donors (Lipinski definition) is 7. The van der Waals surface area contributed by atoms with Crippen molar-refractivity contribution in [2.24, 2.45) is 22.6 Å². The quantitative estimate of drug-likeness (QED) is 0.0128. The number of aliphatic hydroxyl groups excluding tert-OH is 2. The van der Waals surface area contributed by atoms with E-state index in [1.807, 2.05) is 60.7 Å². The zero-order valence-electron chi connectivity index (χ0n) is 45.0. The minimum atomic E-state index is -1.88. The number of aryl methyl sites for hydroxylation is 2. The topological polar surface area (TPSA) is 197 Å². The Morgan fingerprint density at radius 1 is 0.922 bits per heavy atom. The average Bonchev–Trinajstić information content (AvgIpc) is 3.44. The summed E-state index contributed by atoms with van der Waals surface area (Å²) in [6.07, 6.45) is 17.2. The summed E-state index contributed by atoms with van der Waals surface area (Å²) in [5, 5.41) is 53.5. The van der Waals surface area contributed by atoms with Gasteiger partial charge in [-0.05, 0) is 169 Å². The molecule has 0 fully saturated rings. The first-order chi connectivity index (χ1) is 37.4. The number of Topliss-reactive ketones (excluding diaryl/α,β-unsaturated/α-hetero) is 1.